The van der Waals surface area contributed by atoms with Gasteiger partial charge >= 0.3 is 12.0 Å². The van der Waals surface area contributed by atoms with E-state index in [9.17, 15) is 24.0 Å². The second-order valence-electron chi connectivity index (χ2n) is 18.5. The Morgan fingerprint density at radius 3 is 2.55 bits per heavy atom. The number of fused-ring (bicyclic) bond motifs is 6. The van der Waals surface area contributed by atoms with E-state index in [1.165, 1.54) is 37.1 Å². The molecule has 16 nitrogen and oxygen atoms in total. The lowest BCUT2D eigenvalue weighted by Crippen LogP contribution is -2.62. The molecule has 0 saturated carbocycles. The lowest BCUT2D eigenvalue weighted by Gasteiger charge is -2.37. The second-order valence-corrected chi connectivity index (χ2v) is 19.4. The topological polar surface area (TPSA) is 172 Å². The average molecular weight is 926 g/mol. The minimum absolute atomic E-state index is 0.0639. The fourth-order valence-electron chi connectivity index (χ4n) is 9.01. The summed E-state index contributed by atoms with van der Waals surface area (Å²) < 4.78 is 14.5. The predicted molar refractivity (Wildman–Crippen MR) is 256 cm³/mol. The van der Waals surface area contributed by atoms with E-state index >= 15 is 0 Å². The number of hydrazine groups is 1. The molecule has 356 valence electrons. The van der Waals surface area contributed by atoms with Crippen LogP contribution in [-0.4, -0.2) is 136 Å². The Kier molecular flexibility index (Phi) is 16.1. The van der Waals surface area contributed by atoms with Crippen LogP contribution in [0, 0.1) is 11.3 Å². The minimum Gasteiger partial charge on any atom is -0.464 e. The number of thiazole rings is 1. The standard InChI is InChI=1S/C49H67N9O7S/c1-12-41(59)54(9)23-24-55(10)48(63)56(11)43(30(4)5)45(60)52-37-26-40-51-38(28-66-40)32-19-20-39-34(25-32)35(44(57(39)13-2)33-17-15-21-50-42(33)31(6)64-14-3)27-49(7,8)29-65-47(62)36-18-16-22-58(53-36)46(37)61/h12,15,17,19-21,25,28,30-31,36-37,43,53H,1,13-14,16,18,22-24,26-27,29H2,2-11H3,(H,52,60)/t31-,36-,37-,43?/m0/s1. The molecule has 6 rings (SSSR count). The van der Waals surface area contributed by atoms with E-state index in [0.29, 0.717) is 44.0 Å². The summed E-state index contributed by atoms with van der Waals surface area (Å²) >= 11 is 1.40. The molecular weight excluding hydrogens is 859 g/mol. The van der Waals surface area contributed by atoms with Gasteiger partial charge in [0.05, 0.1) is 34.8 Å². The van der Waals surface area contributed by atoms with Gasteiger partial charge in [0, 0.05) is 99.4 Å². The number of carbonyl (C=O) groups is 5. The number of cyclic esters (lactones) is 1. The molecule has 6 bridgehead atoms. The lowest BCUT2D eigenvalue weighted by atomic mass is 9.84. The third-order valence-electron chi connectivity index (χ3n) is 12.5. The van der Waals surface area contributed by atoms with Crippen LogP contribution in [0.4, 0.5) is 4.79 Å². The zero-order valence-corrected chi connectivity index (χ0v) is 41.0. The van der Waals surface area contributed by atoms with E-state index in [1.807, 2.05) is 39.1 Å². The second kappa shape index (κ2) is 21.3. The van der Waals surface area contributed by atoms with Crippen LogP contribution in [0.25, 0.3) is 33.4 Å². The van der Waals surface area contributed by atoms with Crippen molar-refractivity contribution in [2.45, 2.75) is 105 Å². The number of likely N-dealkylation sites (N-methyl/N-ethyl adjacent to an activating group) is 3. The van der Waals surface area contributed by atoms with Crippen LogP contribution in [0.15, 0.2) is 54.6 Å². The van der Waals surface area contributed by atoms with Crippen LogP contribution >= 0.6 is 11.3 Å². The molecule has 1 saturated heterocycles. The van der Waals surface area contributed by atoms with Crippen molar-refractivity contribution < 1.29 is 33.4 Å². The fraction of sp³-hybridized carbons (Fsp3) is 0.531. The number of ether oxygens (including phenoxy) is 2. The summed E-state index contributed by atoms with van der Waals surface area (Å²) in [5.41, 5.74) is 9.26. The monoisotopic (exact) mass is 925 g/mol. The molecule has 17 heteroatoms. The molecule has 5 amide bonds. The lowest BCUT2D eigenvalue weighted by molar-refractivity contribution is -0.155. The number of nitrogens with zero attached hydrogens (tertiary/aromatic N) is 7. The van der Waals surface area contributed by atoms with Crippen molar-refractivity contribution in [3.05, 3.63) is 70.8 Å². The molecular formula is C49H67N9O7S. The van der Waals surface area contributed by atoms with Crippen molar-refractivity contribution in [2.75, 3.05) is 54.0 Å². The summed E-state index contributed by atoms with van der Waals surface area (Å²) in [5.74, 6) is -2.02. The summed E-state index contributed by atoms with van der Waals surface area (Å²) in [5, 5.41) is 8.05. The Balaban J connectivity index is 1.39. The Bertz CT molecular complexity index is 2430. The van der Waals surface area contributed by atoms with Crippen LogP contribution in [0.1, 0.15) is 83.7 Å². The van der Waals surface area contributed by atoms with Gasteiger partial charge in [0.2, 0.25) is 11.8 Å². The highest BCUT2D eigenvalue weighted by molar-refractivity contribution is 7.10. The molecule has 4 aromatic rings. The Hall–Kier alpha value is -5.65. The third-order valence-corrected chi connectivity index (χ3v) is 13.4. The van der Waals surface area contributed by atoms with Gasteiger partial charge in [0.1, 0.15) is 18.1 Å². The number of nitrogens with one attached hydrogen (secondary N) is 2. The molecule has 5 heterocycles. The first-order chi connectivity index (χ1) is 31.4. The molecule has 1 fully saturated rings. The van der Waals surface area contributed by atoms with Gasteiger partial charge in [0.25, 0.3) is 5.91 Å². The van der Waals surface area contributed by atoms with Gasteiger partial charge in [-0.05, 0) is 81.9 Å². The number of amides is 5. The Labute approximate surface area is 392 Å². The minimum atomic E-state index is -1.10. The van der Waals surface area contributed by atoms with Crippen molar-refractivity contribution >= 4 is 52.0 Å². The highest BCUT2D eigenvalue weighted by Gasteiger charge is 2.38. The zero-order chi connectivity index (χ0) is 48.0. The van der Waals surface area contributed by atoms with Crippen molar-refractivity contribution in [1.29, 1.82) is 0 Å². The quantitative estimate of drug-likeness (QED) is 0.116. The van der Waals surface area contributed by atoms with Crippen molar-refractivity contribution in [3.63, 3.8) is 0 Å². The van der Waals surface area contributed by atoms with Gasteiger partial charge in [-0.1, -0.05) is 40.3 Å². The smallest absolute Gasteiger partial charge is 0.324 e. The number of hydrogen-bond donors (Lipinski definition) is 2. The molecule has 2 aliphatic rings. The number of benzene rings is 1. The van der Waals surface area contributed by atoms with Crippen LogP contribution in [0.3, 0.4) is 0 Å². The van der Waals surface area contributed by atoms with E-state index in [-0.39, 0.29) is 44.0 Å². The van der Waals surface area contributed by atoms with Gasteiger partial charge < -0.3 is 34.1 Å². The maximum absolute atomic E-state index is 14.6. The first-order valence-electron chi connectivity index (χ1n) is 23.0. The molecule has 66 heavy (non-hydrogen) atoms. The van der Waals surface area contributed by atoms with Crippen molar-refractivity contribution in [2.24, 2.45) is 11.3 Å². The van der Waals surface area contributed by atoms with E-state index in [4.69, 9.17) is 19.4 Å². The van der Waals surface area contributed by atoms with E-state index in [2.05, 4.69) is 66.9 Å². The van der Waals surface area contributed by atoms with Gasteiger partial charge in [0.15, 0.2) is 0 Å². The molecule has 1 unspecified atom stereocenters. The number of hydrogen-bond acceptors (Lipinski definition) is 11. The number of aromatic nitrogens is 3. The number of urea groups is 1. The molecule has 0 radical (unpaired) electrons. The molecule has 2 N–H and O–H groups in total. The van der Waals surface area contributed by atoms with Crippen molar-refractivity contribution in [1.82, 2.24) is 45.0 Å². The number of aryl methyl sites for hydroxylation is 1. The number of pyridine rings is 1. The first-order valence-corrected chi connectivity index (χ1v) is 23.8. The maximum Gasteiger partial charge on any atom is 0.324 e. The highest BCUT2D eigenvalue weighted by atomic mass is 32.1. The van der Waals surface area contributed by atoms with Crippen LogP contribution in [0.2, 0.25) is 0 Å². The molecule has 3 aromatic heterocycles. The first kappa shape index (κ1) is 49.8. The van der Waals surface area contributed by atoms with Gasteiger partial charge in [-0.15, -0.1) is 11.3 Å². The highest BCUT2D eigenvalue weighted by Crippen LogP contribution is 2.42. The van der Waals surface area contributed by atoms with Crippen LogP contribution in [0.5, 0.6) is 0 Å². The van der Waals surface area contributed by atoms with Gasteiger partial charge in [-0.25, -0.2) is 15.2 Å². The van der Waals surface area contributed by atoms with Crippen molar-refractivity contribution in [3.8, 4) is 22.5 Å². The molecule has 4 atom stereocenters. The van der Waals surface area contributed by atoms with E-state index in [1.54, 1.807) is 27.3 Å². The normalized spacial score (nSPS) is 18.6. The summed E-state index contributed by atoms with van der Waals surface area (Å²) in [7, 11) is 4.79. The largest absolute Gasteiger partial charge is 0.464 e. The molecule has 1 aromatic carbocycles. The summed E-state index contributed by atoms with van der Waals surface area (Å²) in [6, 6.07) is 7.15. The molecule has 0 spiro atoms. The summed E-state index contributed by atoms with van der Waals surface area (Å²) in [4.78, 5) is 82.8. The van der Waals surface area contributed by atoms with E-state index in [0.717, 1.165) is 44.7 Å². The Morgan fingerprint density at radius 2 is 1.85 bits per heavy atom. The SMILES string of the molecule is C=CC(=O)N(C)CCN(C)C(=O)N(C)C(C(=O)N[C@H]1Cc2nc(cs2)-c2ccc3c(c2)c(c(-c2cccnc2[C@H](C)OCC)n3CC)CC(C)(C)COC(=O)[C@@H]2CCCN(N2)C1=O)C(C)C. The zero-order valence-electron chi connectivity index (χ0n) is 40.2. The van der Waals surface area contributed by atoms with Gasteiger partial charge in [-0.2, -0.15) is 0 Å². The summed E-state index contributed by atoms with van der Waals surface area (Å²) in [6.07, 6.45) is 4.40. The van der Waals surface area contributed by atoms with E-state index < -0.39 is 47.4 Å². The third kappa shape index (κ3) is 11.0. The maximum atomic E-state index is 14.6. The average Bonchev–Trinajstić information content (AvgIpc) is 3.89. The summed E-state index contributed by atoms with van der Waals surface area (Å²) in [6.45, 7) is 19.7. The molecule has 0 aliphatic carbocycles. The molecule has 2 aliphatic heterocycles. The fourth-order valence-corrected chi connectivity index (χ4v) is 9.86. The number of rotatable bonds is 13. The van der Waals surface area contributed by atoms with Crippen LogP contribution < -0.4 is 10.7 Å². The van der Waals surface area contributed by atoms with Crippen LogP contribution in [-0.2, 0) is 48.0 Å². The predicted octanol–water partition coefficient (Wildman–Crippen LogP) is 6.25. The number of carbonyl (C=O) groups excluding carboxylic acids is 5. The Morgan fingerprint density at radius 1 is 1.11 bits per heavy atom. The number of esters is 1. The van der Waals surface area contributed by atoms with Gasteiger partial charge in [-0.3, -0.25) is 29.2 Å².